The van der Waals surface area contributed by atoms with Crippen molar-refractivity contribution in [3.8, 4) is 0 Å². The molecule has 6 heteroatoms. The fourth-order valence-electron chi connectivity index (χ4n) is 2.29. The molecule has 1 atom stereocenters. The molecule has 1 aliphatic heterocycles. The maximum Gasteiger partial charge on any atom is 0.310 e. The van der Waals surface area contributed by atoms with Crippen LogP contribution < -0.4 is 10.6 Å². The number of esters is 1. The summed E-state index contributed by atoms with van der Waals surface area (Å²) in [5.74, 6) is 0.150. The van der Waals surface area contributed by atoms with E-state index in [9.17, 15) is 9.59 Å². The summed E-state index contributed by atoms with van der Waals surface area (Å²) in [6.07, 6.45) is 3.70. The van der Waals surface area contributed by atoms with Gasteiger partial charge in [0.2, 0.25) is 5.91 Å². The topological polar surface area (TPSA) is 67.4 Å². The summed E-state index contributed by atoms with van der Waals surface area (Å²) >= 11 is 0. The zero-order valence-corrected chi connectivity index (χ0v) is 14.1. The Kier molecular flexibility index (Phi) is 10.4. The Hall–Kier alpha value is -0.810. The van der Waals surface area contributed by atoms with E-state index >= 15 is 0 Å². The second-order valence-corrected chi connectivity index (χ2v) is 5.92. The van der Waals surface area contributed by atoms with Crippen molar-refractivity contribution < 1.29 is 14.3 Å². The van der Waals surface area contributed by atoms with E-state index in [0.717, 1.165) is 32.4 Å². The fraction of sp³-hybridized carbons (Fsp3) is 0.867. The number of carbonyl (C=O) groups excluding carboxylic acids is 2. The normalized spacial score (nSPS) is 17.0. The number of piperidine rings is 1. The van der Waals surface area contributed by atoms with Gasteiger partial charge < -0.3 is 15.4 Å². The van der Waals surface area contributed by atoms with E-state index in [1.54, 1.807) is 6.92 Å². The molecule has 1 heterocycles. The molecule has 0 aromatic heterocycles. The number of nitrogens with one attached hydrogen (secondary N) is 2. The number of carbonyl (C=O) groups is 2. The molecular formula is C15H29ClN2O3. The molecule has 0 saturated carbocycles. The van der Waals surface area contributed by atoms with E-state index in [-0.39, 0.29) is 36.3 Å². The van der Waals surface area contributed by atoms with Gasteiger partial charge in [-0.1, -0.05) is 6.92 Å². The van der Waals surface area contributed by atoms with Crippen molar-refractivity contribution in [1.82, 2.24) is 10.6 Å². The molecule has 21 heavy (non-hydrogen) atoms. The molecular weight excluding hydrogens is 292 g/mol. The van der Waals surface area contributed by atoms with Gasteiger partial charge in [-0.3, -0.25) is 9.59 Å². The molecule has 0 aromatic rings. The highest BCUT2D eigenvalue weighted by Gasteiger charge is 2.18. The Bertz CT molecular complexity index is 318. The van der Waals surface area contributed by atoms with Crippen LogP contribution in [-0.4, -0.2) is 37.6 Å². The molecule has 1 saturated heterocycles. The fourth-order valence-corrected chi connectivity index (χ4v) is 2.29. The van der Waals surface area contributed by atoms with Crippen LogP contribution in [0.3, 0.4) is 0 Å². The van der Waals surface area contributed by atoms with Gasteiger partial charge in [0, 0.05) is 13.0 Å². The minimum absolute atomic E-state index is 0. The molecule has 0 bridgehead atoms. The first kappa shape index (κ1) is 20.2. The molecule has 5 nitrogen and oxygen atoms in total. The van der Waals surface area contributed by atoms with E-state index in [1.807, 2.05) is 13.8 Å². The number of amides is 1. The lowest BCUT2D eigenvalue weighted by atomic mass is 9.93. The summed E-state index contributed by atoms with van der Waals surface area (Å²) in [6, 6.07) is 0. The quantitative estimate of drug-likeness (QED) is 0.703. The van der Waals surface area contributed by atoms with Crippen molar-refractivity contribution in [2.24, 2.45) is 11.8 Å². The summed E-state index contributed by atoms with van der Waals surface area (Å²) in [5, 5.41) is 6.14. The largest absolute Gasteiger partial charge is 0.463 e. The zero-order chi connectivity index (χ0) is 15.0. The first-order chi connectivity index (χ1) is 9.49. The molecule has 1 unspecified atom stereocenters. The molecule has 1 rings (SSSR count). The van der Waals surface area contributed by atoms with Crippen molar-refractivity contribution in [2.75, 3.05) is 19.6 Å². The second kappa shape index (κ2) is 10.9. The van der Waals surface area contributed by atoms with Gasteiger partial charge in [0.05, 0.1) is 12.0 Å². The van der Waals surface area contributed by atoms with Gasteiger partial charge in [-0.25, -0.2) is 0 Å². The number of hydrogen-bond acceptors (Lipinski definition) is 4. The van der Waals surface area contributed by atoms with Crippen LogP contribution in [0.4, 0.5) is 0 Å². The highest BCUT2D eigenvalue weighted by Crippen LogP contribution is 2.17. The Labute approximate surface area is 134 Å². The van der Waals surface area contributed by atoms with Gasteiger partial charge in [-0.05, 0) is 52.1 Å². The van der Waals surface area contributed by atoms with Crippen molar-refractivity contribution >= 4 is 24.3 Å². The van der Waals surface area contributed by atoms with Crippen molar-refractivity contribution in [2.45, 2.75) is 52.6 Å². The molecule has 0 spiro atoms. The number of halogens is 1. The van der Waals surface area contributed by atoms with Gasteiger partial charge >= 0.3 is 5.97 Å². The number of hydrogen-bond donors (Lipinski definition) is 2. The molecule has 1 aliphatic rings. The van der Waals surface area contributed by atoms with Crippen LogP contribution >= 0.6 is 12.4 Å². The minimum atomic E-state index is -0.291. The Balaban J connectivity index is 0.00000400. The molecule has 2 N–H and O–H groups in total. The zero-order valence-electron chi connectivity index (χ0n) is 13.3. The lowest BCUT2D eigenvalue weighted by Gasteiger charge is -2.22. The summed E-state index contributed by atoms with van der Waals surface area (Å²) < 4.78 is 5.10. The van der Waals surface area contributed by atoms with Crippen LogP contribution in [0.15, 0.2) is 0 Å². The summed E-state index contributed by atoms with van der Waals surface area (Å²) in [5.41, 5.74) is 0. The Morgan fingerprint density at radius 3 is 2.43 bits per heavy atom. The van der Waals surface area contributed by atoms with Gasteiger partial charge in [-0.15, -0.1) is 12.4 Å². The van der Waals surface area contributed by atoms with Crippen LogP contribution in [0.1, 0.15) is 46.5 Å². The highest BCUT2D eigenvalue weighted by atomic mass is 35.5. The lowest BCUT2D eigenvalue weighted by Crippen LogP contribution is -2.34. The van der Waals surface area contributed by atoms with Crippen molar-refractivity contribution in [1.29, 1.82) is 0 Å². The Morgan fingerprint density at radius 1 is 1.24 bits per heavy atom. The third-order valence-electron chi connectivity index (χ3n) is 3.60. The van der Waals surface area contributed by atoms with Gasteiger partial charge in [-0.2, -0.15) is 0 Å². The molecule has 1 fully saturated rings. The molecule has 0 radical (unpaired) electrons. The maximum atomic E-state index is 11.8. The van der Waals surface area contributed by atoms with Gasteiger partial charge in [0.15, 0.2) is 0 Å². The van der Waals surface area contributed by atoms with Crippen LogP contribution in [0, 0.1) is 11.8 Å². The van der Waals surface area contributed by atoms with E-state index in [1.165, 1.54) is 0 Å². The summed E-state index contributed by atoms with van der Waals surface area (Å²) in [6.45, 7) is 7.90. The van der Waals surface area contributed by atoms with Crippen molar-refractivity contribution in [3.63, 3.8) is 0 Å². The average molecular weight is 321 g/mol. The minimum Gasteiger partial charge on any atom is -0.463 e. The summed E-state index contributed by atoms with van der Waals surface area (Å²) in [4.78, 5) is 23.3. The van der Waals surface area contributed by atoms with Gasteiger partial charge in [0.1, 0.15) is 0 Å². The monoisotopic (exact) mass is 320 g/mol. The van der Waals surface area contributed by atoms with E-state index < -0.39 is 0 Å². The van der Waals surface area contributed by atoms with E-state index in [4.69, 9.17) is 4.74 Å². The first-order valence-corrected chi connectivity index (χ1v) is 7.67. The highest BCUT2D eigenvalue weighted by molar-refractivity contribution is 5.85. The van der Waals surface area contributed by atoms with Crippen molar-refractivity contribution in [3.05, 3.63) is 0 Å². The SMILES string of the molecule is CC(C)OC(=O)C(C)CNC(=O)CCC1CCNCC1.Cl. The van der Waals surface area contributed by atoms with Crippen LogP contribution in [0.5, 0.6) is 0 Å². The third kappa shape index (κ3) is 8.94. The average Bonchev–Trinajstić information content (AvgIpc) is 2.42. The smallest absolute Gasteiger partial charge is 0.310 e. The van der Waals surface area contributed by atoms with E-state index in [0.29, 0.717) is 18.9 Å². The third-order valence-corrected chi connectivity index (χ3v) is 3.60. The summed E-state index contributed by atoms with van der Waals surface area (Å²) in [7, 11) is 0. The molecule has 0 aliphatic carbocycles. The molecule has 0 aromatic carbocycles. The first-order valence-electron chi connectivity index (χ1n) is 7.67. The number of rotatable bonds is 7. The lowest BCUT2D eigenvalue weighted by molar-refractivity contribution is -0.151. The van der Waals surface area contributed by atoms with Crippen LogP contribution in [0.25, 0.3) is 0 Å². The maximum absolute atomic E-state index is 11.8. The molecule has 1 amide bonds. The standard InChI is InChI=1S/C15H28N2O3.ClH/c1-11(2)20-15(19)12(3)10-17-14(18)5-4-13-6-8-16-9-7-13;/h11-13,16H,4-10H2,1-3H3,(H,17,18);1H. The van der Waals surface area contributed by atoms with Crippen LogP contribution in [-0.2, 0) is 14.3 Å². The predicted molar refractivity (Wildman–Crippen MR) is 85.5 cm³/mol. The predicted octanol–water partition coefficient (Wildman–Crippen LogP) is 1.89. The van der Waals surface area contributed by atoms with Gasteiger partial charge in [0.25, 0.3) is 0 Å². The van der Waals surface area contributed by atoms with Crippen LogP contribution in [0.2, 0.25) is 0 Å². The second-order valence-electron chi connectivity index (χ2n) is 5.92. The molecule has 124 valence electrons. The van der Waals surface area contributed by atoms with E-state index in [2.05, 4.69) is 10.6 Å². The number of ether oxygens (including phenoxy) is 1. The Morgan fingerprint density at radius 2 is 1.86 bits per heavy atom.